The number of imide groups is 1. The van der Waals surface area contributed by atoms with Crippen LogP contribution in [0.3, 0.4) is 0 Å². The van der Waals surface area contributed by atoms with Crippen LogP contribution in [0.1, 0.15) is 24.1 Å². The molecule has 2 heterocycles. The Labute approximate surface area is 209 Å². The van der Waals surface area contributed by atoms with Gasteiger partial charge in [0.1, 0.15) is 12.0 Å². The molecule has 0 aliphatic carbocycles. The van der Waals surface area contributed by atoms with Gasteiger partial charge in [-0.25, -0.2) is 9.96 Å². The lowest BCUT2D eigenvalue weighted by Gasteiger charge is -2.30. The molecule has 3 aromatic rings. The smallest absolute Gasteiger partial charge is 0.266 e. The molecule has 2 fully saturated rings. The third-order valence-electron chi connectivity index (χ3n) is 6.78. The number of fused-ring (bicyclic) bond motifs is 1. The van der Waals surface area contributed by atoms with Gasteiger partial charge in [-0.3, -0.25) is 14.4 Å². The van der Waals surface area contributed by atoms with Crippen molar-refractivity contribution in [1.29, 1.82) is 0 Å². The summed E-state index contributed by atoms with van der Waals surface area (Å²) in [6.45, 7) is 2.05. The van der Waals surface area contributed by atoms with Gasteiger partial charge >= 0.3 is 0 Å². The van der Waals surface area contributed by atoms with Gasteiger partial charge < -0.3 is 14.2 Å². The van der Waals surface area contributed by atoms with E-state index in [1.807, 2.05) is 48.5 Å². The molecule has 2 amide bonds. The number of aryl methyl sites for hydroxylation is 1. The zero-order valence-corrected chi connectivity index (χ0v) is 20.6. The molecule has 2 saturated heterocycles. The predicted molar refractivity (Wildman–Crippen MR) is 134 cm³/mol. The highest BCUT2D eigenvalue weighted by molar-refractivity contribution is 6.24. The van der Waals surface area contributed by atoms with Gasteiger partial charge in [0.25, 0.3) is 5.91 Å². The molecule has 0 radical (unpaired) electrons. The van der Waals surface area contributed by atoms with E-state index in [1.165, 1.54) is 19.1 Å². The average Bonchev–Trinajstić information content (AvgIpc) is 3.43. The van der Waals surface area contributed by atoms with Gasteiger partial charge in [0.15, 0.2) is 17.6 Å². The van der Waals surface area contributed by atoms with Crippen LogP contribution >= 0.6 is 0 Å². The molecule has 0 spiro atoms. The highest BCUT2D eigenvalue weighted by atomic mass is 16.7. The van der Waals surface area contributed by atoms with Gasteiger partial charge in [0.05, 0.1) is 32.7 Å². The molecule has 186 valence electrons. The van der Waals surface area contributed by atoms with E-state index >= 15 is 0 Å². The predicted octanol–water partition coefficient (Wildman–Crippen LogP) is 4.33. The first kappa shape index (κ1) is 23.7. The third kappa shape index (κ3) is 3.65. The molecule has 8 nitrogen and oxygen atoms in total. The Bertz CT molecular complexity index is 1280. The van der Waals surface area contributed by atoms with Gasteiger partial charge in [0.2, 0.25) is 11.7 Å². The number of methoxy groups -OCH3 is 3. The van der Waals surface area contributed by atoms with Crippen molar-refractivity contribution in [2.45, 2.75) is 25.5 Å². The second-order valence-electron chi connectivity index (χ2n) is 8.61. The molecule has 2 aliphatic rings. The summed E-state index contributed by atoms with van der Waals surface area (Å²) in [6, 6.07) is 19.8. The van der Waals surface area contributed by atoms with Crippen molar-refractivity contribution in [3.8, 4) is 17.2 Å². The Morgan fingerprint density at radius 2 is 1.47 bits per heavy atom. The van der Waals surface area contributed by atoms with Crippen molar-refractivity contribution in [1.82, 2.24) is 0 Å². The minimum atomic E-state index is -0.980. The first-order valence-electron chi connectivity index (χ1n) is 11.8. The van der Waals surface area contributed by atoms with Crippen LogP contribution in [-0.2, 0) is 20.8 Å². The minimum Gasteiger partial charge on any atom is -0.493 e. The Kier molecular flexibility index (Phi) is 6.28. The van der Waals surface area contributed by atoms with Crippen LogP contribution < -0.4 is 24.2 Å². The zero-order valence-electron chi connectivity index (χ0n) is 20.6. The normalized spacial score (nSPS) is 21.1. The number of carbonyl (C=O) groups is 2. The Morgan fingerprint density at radius 1 is 0.778 bits per heavy atom. The van der Waals surface area contributed by atoms with Crippen LogP contribution in [0, 0.1) is 5.92 Å². The van der Waals surface area contributed by atoms with E-state index in [4.69, 9.17) is 19.0 Å². The monoisotopic (exact) mass is 488 g/mol. The molecule has 36 heavy (non-hydrogen) atoms. The maximum Gasteiger partial charge on any atom is 0.266 e. The van der Waals surface area contributed by atoms with Crippen LogP contribution in [-0.4, -0.2) is 39.2 Å². The summed E-state index contributed by atoms with van der Waals surface area (Å²) in [7, 11) is 4.60. The van der Waals surface area contributed by atoms with Crippen LogP contribution in [0.25, 0.3) is 0 Å². The lowest BCUT2D eigenvalue weighted by molar-refractivity contribution is -0.126. The number of hydrogen-bond acceptors (Lipinski definition) is 7. The van der Waals surface area contributed by atoms with Crippen molar-refractivity contribution < 1.29 is 28.6 Å². The molecule has 0 saturated carbocycles. The summed E-state index contributed by atoms with van der Waals surface area (Å²) in [5, 5.41) is 1.63. The largest absolute Gasteiger partial charge is 0.493 e. The highest BCUT2D eigenvalue weighted by Crippen LogP contribution is 2.52. The minimum absolute atomic E-state index is 0.325. The quantitative estimate of drug-likeness (QED) is 0.458. The standard InChI is InChI=1S/C28H28N2O6/c1-5-17-11-13-18(14-12-17)29-27(31)22-23(20-15-16-21(33-2)25(35-4)24(20)34-3)30(36-26(22)28(29)32)19-9-7-6-8-10-19/h6-16,22-23,26H,5H2,1-4H3/t22-,23+,26+/m1/s1. The highest BCUT2D eigenvalue weighted by Gasteiger charge is 2.61. The molecule has 0 aromatic heterocycles. The topological polar surface area (TPSA) is 77.5 Å². The Hall–Kier alpha value is -4.04. The summed E-state index contributed by atoms with van der Waals surface area (Å²) < 4.78 is 16.8. The molecule has 0 unspecified atom stereocenters. The lowest BCUT2D eigenvalue weighted by Crippen LogP contribution is -2.37. The molecule has 5 rings (SSSR count). The van der Waals surface area contributed by atoms with Crippen molar-refractivity contribution in [2.75, 3.05) is 31.3 Å². The van der Waals surface area contributed by atoms with E-state index in [9.17, 15) is 9.59 Å². The van der Waals surface area contributed by atoms with Crippen molar-refractivity contribution in [2.24, 2.45) is 5.92 Å². The van der Waals surface area contributed by atoms with E-state index in [1.54, 1.807) is 30.4 Å². The lowest BCUT2D eigenvalue weighted by atomic mass is 9.89. The first-order valence-corrected chi connectivity index (χ1v) is 11.8. The van der Waals surface area contributed by atoms with Gasteiger partial charge in [-0.2, -0.15) is 0 Å². The van der Waals surface area contributed by atoms with Gasteiger partial charge in [-0.1, -0.05) is 37.3 Å². The number of anilines is 2. The third-order valence-corrected chi connectivity index (χ3v) is 6.78. The number of nitrogens with zero attached hydrogens (tertiary/aromatic N) is 2. The van der Waals surface area contributed by atoms with Crippen LogP contribution in [0.15, 0.2) is 66.7 Å². The second kappa shape index (κ2) is 9.54. The van der Waals surface area contributed by atoms with E-state index < -0.39 is 24.0 Å². The zero-order chi connectivity index (χ0) is 25.4. The molecule has 0 bridgehead atoms. The maximum atomic E-state index is 13.9. The van der Waals surface area contributed by atoms with E-state index in [2.05, 4.69) is 6.92 Å². The molecule has 3 aromatic carbocycles. The fourth-order valence-corrected chi connectivity index (χ4v) is 5.02. The summed E-state index contributed by atoms with van der Waals surface area (Å²) in [4.78, 5) is 34.9. The second-order valence-corrected chi connectivity index (χ2v) is 8.61. The fraction of sp³-hybridized carbons (Fsp3) is 0.286. The van der Waals surface area contributed by atoms with Crippen molar-refractivity contribution in [3.05, 3.63) is 77.9 Å². The van der Waals surface area contributed by atoms with Gasteiger partial charge in [-0.05, 0) is 48.4 Å². The summed E-state index contributed by atoms with van der Waals surface area (Å²) in [5.41, 5.74) is 3.02. The fourth-order valence-electron chi connectivity index (χ4n) is 5.02. The van der Waals surface area contributed by atoms with Gasteiger partial charge in [0, 0.05) is 5.56 Å². The summed E-state index contributed by atoms with van der Waals surface area (Å²) in [6.07, 6.45) is -0.115. The number of ether oxygens (including phenoxy) is 3. The number of benzene rings is 3. The van der Waals surface area contributed by atoms with Gasteiger partial charge in [-0.15, -0.1) is 0 Å². The number of amides is 2. The van der Waals surface area contributed by atoms with E-state index in [0.29, 0.717) is 34.2 Å². The summed E-state index contributed by atoms with van der Waals surface area (Å²) in [5.74, 6) is -0.204. The number of para-hydroxylation sites is 1. The molecule has 2 aliphatic heterocycles. The Balaban J connectivity index is 1.63. The SMILES string of the molecule is CCc1ccc(N2C(=O)[C@H]3[C@H](ON(c4ccccc4)[C@H]3c3ccc(OC)c(OC)c3OC)C2=O)cc1. The number of rotatable bonds is 7. The molecule has 3 atom stereocenters. The molecular formula is C28H28N2O6. The summed E-state index contributed by atoms with van der Waals surface area (Å²) >= 11 is 0. The molecular weight excluding hydrogens is 460 g/mol. The number of carbonyl (C=O) groups excluding carboxylic acids is 2. The van der Waals surface area contributed by atoms with Crippen molar-refractivity contribution >= 4 is 23.2 Å². The van der Waals surface area contributed by atoms with Crippen LogP contribution in [0.4, 0.5) is 11.4 Å². The van der Waals surface area contributed by atoms with E-state index in [0.717, 1.165) is 12.0 Å². The first-order chi connectivity index (χ1) is 17.5. The Morgan fingerprint density at radius 3 is 2.08 bits per heavy atom. The van der Waals surface area contributed by atoms with Crippen LogP contribution in [0.5, 0.6) is 17.2 Å². The average molecular weight is 489 g/mol. The number of hydroxylamine groups is 1. The van der Waals surface area contributed by atoms with E-state index in [-0.39, 0.29) is 5.91 Å². The maximum absolute atomic E-state index is 13.9. The molecule has 0 N–H and O–H groups in total. The van der Waals surface area contributed by atoms with Crippen molar-refractivity contribution in [3.63, 3.8) is 0 Å². The van der Waals surface area contributed by atoms with Crippen LogP contribution in [0.2, 0.25) is 0 Å². The number of hydrogen-bond donors (Lipinski definition) is 0. The molecule has 8 heteroatoms.